The lowest BCUT2D eigenvalue weighted by molar-refractivity contribution is 0.102. The molecular formula is C17H11F2NO4. The summed E-state index contributed by atoms with van der Waals surface area (Å²) in [5, 5.41) is 2.80. The van der Waals surface area contributed by atoms with E-state index in [0.717, 1.165) is 18.2 Å². The molecule has 0 atom stereocenters. The Kier molecular flexibility index (Phi) is 3.99. The first-order valence-electron chi connectivity index (χ1n) is 6.86. The molecular weight excluding hydrogens is 320 g/mol. The zero-order chi connectivity index (χ0) is 17.3. The van der Waals surface area contributed by atoms with E-state index in [0.29, 0.717) is 11.1 Å². The maximum Gasteiger partial charge on any atom is 0.337 e. The molecule has 0 radical (unpaired) electrons. The monoisotopic (exact) mass is 331 g/mol. The standard InChI is InChI=1S/C17H11F2NO4/c1-23-10-3-4-11-12(8-16(21)24-15(11)7-10)17(22)20-9-2-5-13(18)14(19)6-9/h2-8H,1H3,(H,20,22). The van der Waals surface area contributed by atoms with Crippen LogP contribution in [0.15, 0.2) is 51.7 Å². The van der Waals surface area contributed by atoms with E-state index in [1.54, 1.807) is 12.1 Å². The second-order valence-corrected chi connectivity index (χ2v) is 4.92. The third kappa shape index (κ3) is 2.96. The maximum absolute atomic E-state index is 13.2. The summed E-state index contributed by atoms with van der Waals surface area (Å²) in [6.07, 6.45) is 0. The van der Waals surface area contributed by atoms with E-state index >= 15 is 0 Å². The first-order chi connectivity index (χ1) is 11.5. The highest BCUT2D eigenvalue weighted by molar-refractivity contribution is 6.12. The molecule has 1 aromatic heterocycles. The van der Waals surface area contributed by atoms with E-state index in [4.69, 9.17) is 9.15 Å². The van der Waals surface area contributed by atoms with E-state index in [1.165, 1.54) is 19.2 Å². The minimum atomic E-state index is -1.09. The van der Waals surface area contributed by atoms with Gasteiger partial charge in [0.1, 0.15) is 11.3 Å². The van der Waals surface area contributed by atoms with Gasteiger partial charge in [-0.1, -0.05) is 0 Å². The highest BCUT2D eigenvalue weighted by atomic mass is 19.2. The van der Waals surface area contributed by atoms with Gasteiger partial charge in [0.15, 0.2) is 11.6 Å². The Balaban J connectivity index is 2.02. The summed E-state index contributed by atoms with van der Waals surface area (Å²) in [6, 6.07) is 8.65. The summed E-state index contributed by atoms with van der Waals surface area (Å²) < 4.78 is 36.3. The molecule has 0 unspecified atom stereocenters. The molecule has 0 saturated carbocycles. The lowest BCUT2D eigenvalue weighted by Gasteiger charge is -2.08. The van der Waals surface area contributed by atoms with Gasteiger partial charge in [-0.15, -0.1) is 0 Å². The fourth-order valence-electron chi connectivity index (χ4n) is 2.23. The number of amides is 1. The van der Waals surface area contributed by atoms with Gasteiger partial charge < -0.3 is 14.5 Å². The number of rotatable bonds is 3. The average Bonchev–Trinajstić information content (AvgIpc) is 2.56. The van der Waals surface area contributed by atoms with Gasteiger partial charge >= 0.3 is 5.63 Å². The zero-order valence-electron chi connectivity index (χ0n) is 12.4. The molecule has 122 valence electrons. The van der Waals surface area contributed by atoms with E-state index < -0.39 is 23.2 Å². The average molecular weight is 331 g/mol. The van der Waals surface area contributed by atoms with Crippen molar-refractivity contribution in [2.45, 2.75) is 0 Å². The van der Waals surface area contributed by atoms with Gasteiger partial charge in [-0.3, -0.25) is 4.79 Å². The molecule has 2 aromatic carbocycles. The van der Waals surface area contributed by atoms with Crippen molar-refractivity contribution in [3.8, 4) is 5.75 Å². The number of methoxy groups -OCH3 is 1. The molecule has 3 aromatic rings. The molecule has 0 bridgehead atoms. The third-order valence-electron chi connectivity index (χ3n) is 3.37. The Bertz CT molecular complexity index is 998. The summed E-state index contributed by atoms with van der Waals surface area (Å²) >= 11 is 0. The molecule has 0 aliphatic rings. The van der Waals surface area contributed by atoms with Crippen LogP contribution in [0, 0.1) is 11.6 Å². The zero-order valence-corrected chi connectivity index (χ0v) is 12.4. The van der Waals surface area contributed by atoms with Crippen molar-refractivity contribution in [2.24, 2.45) is 0 Å². The van der Waals surface area contributed by atoms with Crippen LogP contribution in [0.4, 0.5) is 14.5 Å². The van der Waals surface area contributed by atoms with Crippen LogP contribution in [0.2, 0.25) is 0 Å². The Labute approximate surface area is 134 Å². The molecule has 1 N–H and O–H groups in total. The van der Waals surface area contributed by atoms with Crippen molar-refractivity contribution >= 4 is 22.6 Å². The summed E-state index contributed by atoms with van der Waals surface area (Å²) in [5.74, 6) is -2.30. The SMILES string of the molecule is COc1ccc2c(C(=O)Nc3ccc(F)c(F)c3)cc(=O)oc2c1. The maximum atomic E-state index is 13.2. The van der Waals surface area contributed by atoms with Crippen LogP contribution in [0.3, 0.4) is 0 Å². The van der Waals surface area contributed by atoms with Gasteiger partial charge in [-0.05, 0) is 24.3 Å². The Hall–Kier alpha value is -3.22. The number of halogens is 2. The van der Waals surface area contributed by atoms with Gasteiger partial charge in [0.05, 0.1) is 12.7 Å². The largest absolute Gasteiger partial charge is 0.497 e. The predicted octanol–water partition coefficient (Wildman–Crippen LogP) is 3.33. The number of hydrogen-bond donors (Lipinski definition) is 1. The number of carbonyl (C=O) groups excluding carboxylic acids is 1. The van der Waals surface area contributed by atoms with E-state index in [9.17, 15) is 18.4 Å². The van der Waals surface area contributed by atoms with Crippen LogP contribution in [0.25, 0.3) is 11.0 Å². The normalized spacial score (nSPS) is 10.6. The topological polar surface area (TPSA) is 68.5 Å². The first kappa shape index (κ1) is 15.7. The van der Waals surface area contributed by atoms with E-state index in [2.05, 4.69) is 5.32 Å². The van der Waals surface area contributed by atoms with Crippen molar-refractivity contribution in [1.29, 1.82) is 0 Å². The van der Waals surface area contributed by atoms with E-state index in [-0.39, 0.29) is 16.8 Å². The number of benzene rings is 2. The number of fused-ring (bicyclic) bond motifs is 1. The van der Waals surface area contributed by atoms with Crippen LogP contribution in [-0.4, -0.2) is 13.0 Å². The second-order valence-electron chi connectivity index (χ2n) is 4.92. The Morgan fingerprint density at radius 1 is 1.08 bits per heavy atom. The Morgan fingerprint density at radius 2 is 1.88 bits per heavy atom. The molecule has 5 nitrogen and oxygen atoms in total. The molecule has 0 spiro atoms. The molecule has 0 saturated heterocycles. The predicted molar refractivity (Wildman–Crippen MR) is 83.3 cm³/mol. The van der Waals surface area contributed by atoms with Gasteiger partial charge in [0.25, 0.3) is 5.91 Å². The molecule has 3 rings (SSSR count). The van der Waals surface area contributed by atoms with Crippen molar-refractivity contribution in [3.05, 3.63) is 70.1 Å². The lowest BCUT2D eigenvalue weighted by atomic mass is 10.1. The van der Waals surface area contributed by atoms with Crippen molar-refractivity contribution in [3.63, 3.8) is 0 Å². The molecule has 0 aliphatic heterocycles. The van der Waals surface area contributed by atoms with Crippen molar-refractivity contribution in [2.75, 3.05) is 12.4 Å². The molecule has 0 aliphatic carbocycles. The van der Waals surface area contributed by atoms with Gasteiger partial charge in [-0.2, -0.15) is 0 Å². The second kappa shape index (κ2) is 6.11. The molecule has 24 heavy (non-hydrogen) atoms. The van der Waals surface area contributed by atoms with Crippen LogP contribution in [0.5, 0.6) is 5.75 Å². The molecule has 1 heterocycles. The van der Waals surface area contributed by atoms with Crippen LogP contribution >= 0.6 is 0 Å². The van der Waals surface area contributed by atoms with Crippen LogP contribution in [-0.2, 0) is 0 Å². The fraction of sp³-hybridized carbons (Fsp3) is 0.0588. The highest BCUT2D eigenvalue weighted by Crippen LogP contribution is 2.23. The smallest absolute Gasteiger partial charge is 0.337 e. The van der Waals surface area contributed by atoms with Crippen LogP contribution < -0.4 is 15.7 Å². The van der Waals surface area contributed by atoms with Crippen molar-refractivity contribution in [1.82, 2.24) is 0 Å². The van der Waals surface area contributed by atoms with E-state index in [1.807, 2.05) is 0 Å². The lowest BCUT2D eigenvalue weighted by Crippen LogP contribution is -2.15. The molecule has 0 fully saturated rings. The number of ether oxygens (including phenoxy) is 1. The molecule has 7 heteroatoms. The van der Waals surface area contributed by atoms with Gasteiger partial charge in [0.2, 0.25) is 0 Å². The fourth-order valence-corrected chi connectivity index (χ4v) is 2.23. The molecule has 1 amide bonds. The van der Waals surface area contributed by atoms with Gasteiger partial charge in [0, 0.05) is 29.3 Å². The number of nitrogens with one attached hydrogen (secondary N) is 1. The number of anilines is 1. The van der Waals surface area contributed by atoms with Gasteiger partial charge in [-0.25, -0.2) is 13.6 Å². The van der Waals surface area contributed by atoms with Crippen LogP contribution in [0.1, 0.15) is 10.4 Å². The summed E-state index contributed by atoms with van der Waals surface area (Å²) in [7, 11) is 1.46. The summed E-state index contributed by atoms with van der Waals surface area (Å²) in [6.45, 7) is 0. The minimum absolute atomic E-state index is 0.0497. The Morgan fingerprint density at radius 3 is 2.58 bits per heavy atom. The minimum Gasteiger partial charge on any atom is -0.497 e. The first-order valence-corrected chi connectivity index (χ1v) is 6.86. The quantitative estimate of drug-likeness (QED) is 0.748. The van der Waals surface area contributed by atoms with Crippen molar-refractivity contribution < 1.29 is 22.7 Å². The highest BCUT2D eigenvalue weighted by Gasteiger charge is 2.15. The third-order valence-corrected chi connectivity index (χ3v) is 3.37. The summed E-state index contributed by atoms with van der Waals surface area (Å²) in [5.41, 5.74) is -0.425. The number of carbonyl (C=O) groups is 1. The number of hydrogen-bond acceptors (Lipinski definition) is 4. The summed E-state index contributed by atoms with van der Waals surface area (Å²) in [4.78, 5) is 24.1.